The Bertz CT molecular complexity index is 2090. The van der Waals surface area contributed by atoms with E-state index >= 15 is 0 Å². The zero-order valence-corrected chi connectivity index (χ0v) is 65.1. The SMILES string of the molecule is CC/C=C\C/C=C\C/C=C\C/C=C\C/C=C\C/C=C\CCCCCCCCCCCCCCCCCCC(=O)NC(COC1OC(CO)C(OC2OC(CO)C(O)C(O)C2O)C(O)C1O)C(O)/C=C/CC/C=C/CCCCCCCCCCCCCCCCCCCCCCCCCCCCC. The molecule has 2 saturated heterocycles. The van der Waals surface area contributed by atoms with Crippen LogP contribution in [0.1, 0.15) is 361 Å². The number of hydrogen-bond donors (Lipinski definition) is 9. The Labute approximate surface area is 623 Å². The largest absolute Gasteiger partial charge is 0.394 e. The van der Waals surface area contributed by atoms with Gasteiger partial charge in [0.15, 0.2) is 12.6 Å². The molecule has 0 radical (unpaired) electrons. The molecule has 0 aromatic carbocycles. The maximum atomic E-state index is 13.4. The van der Waals surface area contributed by atoms with Crippen molar-refractivity contribution in [1.82, 2.24) is 5.32 Å². The topological polar surface area (TPSA) is 228 Å². The van der Waals surface area contributed by atoms with Crippen LogP contribution in [0.2, 0.25) is 0 Å². The molecule has 2 heterocycles. The predicted molar refractivity (Wildman–Crippen MR) is 424 cm³/mol. The molecule has 0 aliphatic carbocycles. The van der Waals surface area contributed by atoms with Crippen molar-refractivity contribution in [2.24, 2.45) is 0 Å². The molecule has 2 rings (SSSR count). The number of carbonyl (C=O) groups is 1. The standard InChI is InChI=1S/C88H157NO13/c1-3-5-7-9-11-13-15-17-19-21-23-25-27-29-31-33-35-37-38-40-42-44-46-48-50-52-54-56-58-60-62-64-66-68-70-72-80(93)89-76(75-99-87-85(98)83(96)86(79(74-91)101-87)102-88-84(97)82(95)81(94)78(73-90)100-88)77(92)71-69-67-65-63-61-59-57-55-53-51-49-47-45-43-41-39-36-34-32-30-28-26-24-22-20-18-16-14-12-10-8-6-4-2/h5,7,11,13,17,19,23,25,29,31,35,37,61,63,69,71,76-79,81-88,90-92,94-98H,3-4,6,8-10,12,14-16,18,20-22,24,26-28,30,32-34,36,38-60,62,64-68,70,72-75H2,1-2H3,(H,89,93)/b7-5-,13-11-,19-17-,25-23-,31-29-,37-35-,63-61+,71-69+. The van der Waals surface area contributed by atoms with E-state index in [4.69, 9.17) is 18.9 Å². The van der Waals surface area contributed by atoms with Gasteiger partial charge in [0, 0.05) is 6.42 Å². The highest BCUT2D eigenvalue weighted by Gasteiger charge is 2.51. The fourth-order valence-electron chi connectivity index (χ4n) is 13.6. The zero-order valence-electron chi connectivity index (χ0n) is 65.1. The van der Waals surface area contributed by atoms with Crippen molar-refractivity contribution in [3.05, 3.63) is 97.2 Å². The summed E-state index contributed by atoms with van der Waals surface area (Å²) < 4.78 is 22.9. The number of carbonyl (C=O) groups excluding carboxylic acids is 1. The Morgan fingerprint density at radius 2 is 0.686 bits per heavy atom. The molecular weight excluding hydrogens is 1280 g/mol. The molecule has 102 heavy (non-hydrogen) atoms. The van der Waals surface area contributed by atoms with Gasteiger partial charge in [-0.3, -0.25) is 4.79 Å². The van der Waals surface area contributed by atoms with Gasteiger partial charge in [-0.15, -0.1) is 0 Å². The summed E-state index contributed by atoms with van der Waals surface area (Å²) in [6.07, 6.45) is 85.0. The monoisotopic (exact) mass is 1440 g/mol. The first-order valence-corrected chi connectivity index (χ1v) is 42.5. The van der Waals surface area contributed by atoms with Crippen LogP contribution in [-0.2, 0) is 23.7 Å². The Balaban J connectivity index is 1.61. The van der Waals surface area contributed by atoms with Gasteiger partial charge in [-0.25, -0.2) is 0 Å². The maximum Gasteiger partial charge on any atom is 0.220 e. The van der Waals surface area contributed by atoms with E-state index in [0.717, 1.165) is 70.6 Å². The normalized spacial score (nSPS) is 22.1. The van der Waals surface area contributed by atoms with Gasteiger partial charge in [0.25, 0.3) is 0 Å². The quantitative estimate of drug-likeness (QED) is 0.0204. The van der Waals surface area contributed by atoms with E-state index in [9.17, 15) is 45.6 Å². The van der Waals surface area contributed by atoms with Crippen LogP contribution >= 0.6 is 0 Å². The van der Waals surface area contributed by atoms with E-state index in [-0.39, 0.29) is 18.9 Å². The lowest BCUT2D eigenvalue weighted by atomic mass is 9.97. The number of unbranched alkanes of at least 4 members (excludes halogenated alkanes) is 44. The number of ether oxygens (including phenoxy) is 4. The first-order chi connectivity index (χ1) is 50.1. The molecule has 0 aromatic rings. The van der Waals surface area contributed by atoms with Gasteiger partial charge in [-0.1, -0.05) is 368 Å². The van der Waals surface area contributed by atoms with Gasteiger partial charge in [-0.05, 0) is 83.5 Å². The minimum atomic E-state index is -1.80. The molecule has 14 nitrogen and oxygen atoms in total. The lowest BCUT2D eigenvalue weighted by Crippen LogP contribution is -2.65. The molecule has 12 atom stereocenters. The van der Waals surface area contributed by atoms with Crippen LogP contribution in [0.15, 0.2) is 97.2 Å². The summed E-state index contributed by atoms with van der Waals surface area (Å²) in [6, 6.07) is -0.939. The van der Waals surface area contributed by atoms with Crippen molar-refractivity contribution in [2.75, 3.05) is 19.8 Å². The average Bonchev–Trinajstić information content (AvgIpc) is 0.790. The summed E-state index contributed by atoms with van der Waals surface area (Å²) in [5.74, 6) is -0.247. The fraction of sp³-hybridized carbons (Fsp3) is 0.807. The van der Waals surface area contributed by atoms with Crippen LogP contribution in [0.5, 0.6) is 0 Å². The zero-order chi connectivity index (χ0) is 73.7. The highest BCUT2D eigenvalue weighted by molar-refractivity contribution is 5.76. The molecule has 0 aromatic heterocycles. The molecule has 2 aliphatic heterocycles. The Morgan fingerprint density at radius 3 is 1.08 bits per heavy atom. The second-order valence-electron chi connectivity index (χ2n) is 29.6. The number of hydrogen-bond acceptors (Lipinski definition) is 13. The molecule has 0 spiro atoms. The van der Waals surface area contributed by atoms with Crippen molar-refractivity contribution in [3.8, 4) is 0 Å². The molecule has 14 heteroatoms. The molecule has 592 valence electrons. The van der Waals surface area contributed by atoms with Crippen LogP contribution < -0.4 is 5.32 Å². The molecule has 2 aliphatic rings. The summed E-state index contributed by atoms with van der Waals surface area (Å²) >= 11 is 0. The van der Waals surface area contributed by atoms with Gasteiger partial charge in [-0.2, -0.15) is 0 Å². The van der Waals surface area contributed by atoms with Crippen LogP contribution in [-0.4, -0.2) is 140 Å². The molecule has 1 amide bonds. The van der Waals surface area contributed by atoms with Crippen LogP contribution in [0, 0.1) is 0 Å². The van der Waals surface area contributed by atoms with E-state index in [0.29, 0.717) is 12.8 Å². The smallest absolute Gasteiger partial charge is 0.220 e. The maximum absolute atomic E-state index is 13.4. The van der Waals surface area contributed by atoms with E-state index in [1.165, 1.54) is 257 Å². The van der Waals surface area contributed by atoms with Crippen LogP contribution in [0.4, 0.5) is 0 Å². The first-order valence-electron chi connectivity index (χ1n) is 42.5. The van der Waals surface area contributed by atoms with Crippen molar-refractivity contribution < 1.29 is 64.6 Å². The number of allylic oxidation sites excluding steroid dienone is 15. The van der Waals surface area contributed by atoms with Gasteiger partial charge < -0.3 is 65.1 Å². The second kappa shape index (κ2) is 70.9. The Morgan fingerprint density at radius 1 is 0.363 bits per heavy atom. The summed E-state index contributed by atoms with van der Waals surface area (Å²) in [5, 5.41) is 87.8. The van der Waals surface area contributed by atoms with Crippen LogP contribution in [0.3, 0.4) is 0 Å². The summed E-state index contributed by atoms with van der Waals surface area (Å²) in [6.45, 7) is 2.72. The first kappa shape index (κ1) is 95.0. The fourth-order valence-corrected chi connectivity index (χ4v) is 13.6. The lowest BCUT2D eigenvalue weighted by Gasteiger charge is -2.46. The van der Waals surface area contributed by atoms with Gasteiger partial charge >= 0.3 is 0 Å². The number of amides is 1. The third-order valence-electron chi connectivity index (χ3n) is 20.3. The summed E-state index contributed by atoms with van der Waals surface area (Å²) in [4.78, 5) is 13.4. The van der Waals surface area contributed by atoms with Crippen molar-refractivity contribution >= 4 is 5.91 Å². The number of aliphatic hydroxyl groups is 8. The molecule has 2 fully saturated rings. The minimum absolute atomic E-state index is 0.247. The van der Waals surface area contributed by atoms with Crippen molar-refractivity contribution in [3.63, 3.8) is 0 Å². The highest BCUT2D eigenvalue weighted by atomic mass is 16.7. The van der Waals surface area contributed by atoms with Gasteiger partial charge in [0.05, 0.1) is 32.0 Å². The molecule has 0 saturated carbocycles. The highest BCUT2D eigenvalue weighted by Crippen LogP contribution is 2.30. The van der Waals surface area contributed by atoms with E-state index < -0.39 is 86.8 Å². The van der Waals surface area contributed by atoms with E-state index in [2.05, 4.69) is 104 Å². The number of aliphatic hydroxyl groups excluding tert-OH is 8. The number of rotatable bonds is 71. The Hall–Kier alpha value is -3.09. The lowest BCUT2D eigenvalue weighted by molar-refractivity contribution is -0.359. The molecule has 9 N–H and O–H groups in total. The van der Waals surface area contributed by atoms with E-state index in [1.807, 2.05) is 6.08 Å². The van der Waals surface area contributed by atoms with Crippen LogP contribution in [0.25, 0.3) is 0 Å². The second-order valence-corrected chi connectivity index (χ2v) is 29.6. The minimum Gasteiger partial charge on any atom is -0.394 e. The van der Waals surface area contributed by atoms with Gasteiger partial charge in [0.2, 0.25) is 5.91 Å². The molecule has 0 bridgehead atoms. The van der Waals surface area contributed by atoms with Crippen molar-refractivity contribution in [1.29, 1.82) is 0 Å². The average molecular weight is 1440 g/mol. The van der Waals surface area contributed by atoms with E-state index in [1.54, 1.807) is 6.08 Å². The van der Waals surface area contributed by atoms with Gasteiger partial charge in [0.1, 0.15) is 48.8 Å². The predicted octanol–water partition coefficient (Wildman–Crippen LogP) is 20.0. The summed E-state index contributed by atoms with van der Waals surface area (Å²) in [5.41, 5.74) is 0. The molecular formula is C88H157NO13. The number of nitrogens with one attached hydrogen (secondary N) is 1. The van der Waals surface area contributed by atoms with Crippen molar-refractivity contribution in [2.45, 2.75) is 434 Å². The summed E-state index contributed by atoms with van der Waals surface area (Å²) in [7, 11) is 0. The third kappa shape index (κ3) is 52.8. The molecule has 12 unspecified atom stereocenters. The third-order valence-corrected chi connectivity index (χ3v) is 20.3. The Kier molecular flexibility index (Phi) is 66.0.